The Morgan fingerprint density at radius 1 is 1.13 bits per heavy atom. The van der Waals surface area contributed by atoms with Gasteiger partial charge in [-0.3, -0.25) is 0 Å². The maximum atomic E-state index is 11.0. The SMILES string of the molecule is C=CC(=O)OCCCC(O)C(O)COc1ccc2cc(-c3ccccc3)n(C)c2c1. The van der Waals surface area contributed by atoms with Crippen molar-refractivity contribution in [1.82, 2.24) is 4.57 Å². The van der Waals surface area contributed by atoms with Crippen LogP contribution in [0.25, 0.3) is 22.2 Å². The Kier molecular flexibility index (Phi) is 7.27. The number of esters is 1. The van der Waals surface area contributed by atoms with E-state index in [-0.39, 0.29) is 13.2 Å². The summed E-state index contributed by atoms with van der Waals surface area (Å²) in [6.07, 6.45) is -0.174. The van der Waals surface area contributed by atoms with Crippen molar-refractivity contribution in [1.29, 1.82) is 0 Å². The summed E-state index contributed by atoms with van der Waals surface area (Å²) in [7, 11) is 2.01. The van der Waals surface area contributed by atoms with Gasteiger partial charge in [0.25, 0.3) is 0 Å². The Hall–Kier alpha value is -3.09. The molecule has 6 heteroatoms. The van der Waals surface area contributed by atoms with Gasteiger partial charge in [-0.25, -0.2) is 4.79 Å². The van der Waals surface area contributed by atoms with Crippen LogP contribution in [0.15, 0.2) is 67.3 Å². The summed E-state index contributed by atoms with van der Waals surface area (Å²) < 4.78 is 12.7. The first kappa shape index (κ1) is 21.6. The van der Waals surface area contributed by atoms with Gasteiger partial charge in [0.2, 0.25) is 0 Å². The molecule has 3 rings (SSSR count). The summed E-state index contributed by atoms with van der Waals surface area (Å²) in [6.45, 7) is 3.45. The van der Waals surface area contributed by atoms with Crippen molar-refractivity contribution in [3.63, 3.8) is 0 Å². The van der Waals surface area contributed by atoms with Crippen molar-refractivity contribution in [2.75, 3.05) is 13.2 Å². The molecule has 0 fully saturated rings. The molecule has 2 aromatic carbocycles. The molecule has 0 bridgehead atoms. The van der Waals surface area contributed by atoms with Crippen LogP contribution < -0.4 is 4.74 Å². The fraction of sp³-hybridized carbons (Fsp3) is 0.292. The number of carbonyl (C=O) groups is 1. The first-order valence-corrected chi connectivity index (χ1v) is 9.92. The molecule has 0 spiro atoms. The number of hydrogen-bond donors (Lipinski definition) is 2. The van der Waals surface area contributed by atoms with Crippen molar-refractivity contribution in [2.45, 2.75) is 25.0 Å². The van der Waals surface area contributed by atoms with Crippen LogP contribution in [-0.2, 0) is 16.6 Å². The quantitative estimate of drug-likeness (QED) is 0.305. The number of aliphatic hydroxyl groups is 2. The Bertz CT molecular complexity index is 996. The standard InChI is InChI=1S/C24H27NO5/c1-3-24(28)29-13-7-10-22(26)23(27)16-30-19-12-11-18-14-20(25(2)21(18)15-19)17-8-5-4-6-9-17/h3-6,8-9,11-12,14-15,22-23,26-27H,1,7,10,13,16H2,2H3. The lowest BCUT2D eigenvalue weighted by atomic mass is 10.1. The van der Waals surface area contributed by atoms with Gasteiger partial charge in [0.1, 0.15) is 18.5 Å². The molecule has 0 amide bonds. The van der Waals surface area contributed by atoms with Gasteiger partial charge in [0.15, 0.2) is 0 Å². The number of carbonyl (C=O) groups excluding carboxylic acids is 1. The van der Waals surface area contributed by atoms with Crippen molar-refractivity contribution in [2.24, 2.45) is 7.05 Å². The van der Waals surface area contributed by atoms with Gasteiger partial charge < -0.3 is 24.3 Å². The molecule has 1 aromatic heterocycles. The average Bonchev–Trinajstić information content (AvgIpc) is 3.11. The number of aryl methyl sites for hydroxylation is 1. The second kappa shape index (κ2) is 10.1. The van der Waals surface area contributed by atoms with E-state index >= 15 is 0 Å². The van der Waals surface area contributed by atoms with Crippen molar-refractivity contribution in [3.8, 4) is 17.0 Å². The molecule has 2 atom stereocenters. The number of rotatable bonds is 10. The smallest absolute Gasteiger partial charge is 0.330 e. The second-order valence-corrected chi connectivity index (χ2v) is 7.13. The van der Waals surface area contributed by atoms with Gasteiger partial charge >= 0.3 is 5.97 Å². The molecule has 1 heterocycles. The van der Waals surface area contributed by atoms with Crippen LogP contribution in [0.5, 0.6) is 5.75 Å². The first-order chi connectivity index (χ1) is 14.5. The zero-order valence-electron chi connectivity index (χ0n) is 17.0. The topological polar surface area (TPSA) is 80.9 Å². The van der Waals surface area contributed by atoms with Crippen LogP contribution in [0.1, 0.15) is 12.8 Å². The highest BCUT2D eigenvalue weighted by Crippen LogP contribution is 2.29. The zero-order valence-corrected chi connectivity index (χ0v) is 17.0. The number of nitrogens with zero attached hydrogens (tertiary/aromatic N) is 1. The summed E-state index contributed by atoms with van der Waals surface area (Å²) in [6, 6.07) is 18.0. The highest BCUT2D eigenvalue weighted by molar-refractivity contribution is 5.88. The molecule has 30 heavy (non-hydrogen) atoms. The Labute approximate surface area is 176 Å². The van der Waals surface area contributed by atoms with Crippen LogP contribution in [0, 0.1) is 0 Å². The average molecular weight is 409 g/mol. The van der Waals surface area contributed by atoms with Gasteiger partial charge in [-0.05, 0) is 36.6 Å². The minimum atomic E-state index is -1.04. The van der Waals surface area contributed by atoms with E-state index in [1.165, 1.54) is 0 Å². The maximum absolute atomic E-state index is 11.0. The molecular formula is C24H27NO5. The molecule has 6 nitrogen and oxygen atoms in total. The third kappa shape index (κ3) is 5.28. The third-order valence-electron chi connectivity index (χ3n) is 5.01. The Morgan fingerprint density at radius 3 is 2.63 bits per heavy atom. The molecule has 0 aliphatic carbocycles. The number of fused-ring (bicyclic) bond motifs is 1. The predicted molar refractivity (Wildman–Crippen MR) is 116 cm³/mol. The number of aliphatic hydroxyl groups excluding tert-OH is 2. The highest BCUT2D eigenvalue weighted by Gasteiger charge is 2.17. The minimum Gasteiger partial charge on any atom is -0.491 e. The van der Waals surface area contributed by atoms with E-state index in [1.807, 2.05) is 43.4 Å². The van der Waals surface area contributed by atoms with Crippen LogP contribution in [0.3, 0.4) is 0 Å². The second-order valence-electron chi connectivity index (χ2n) is 7.13. The normalized spacial score (nSPS) is 13.0. The summed E-state index contributed by atoms with van der Waals surface area (Å²) in [5, 5.41) is 21.3. The lowest BCUT2D eigenvalue weighted by molar-refractivity contribution is -0.138. The Morgan fingerprint density at radius 2 is 1.90 bits per heavy atom. The molecule has 0 radical (unpaired) electrons. The maximum Gasteiger partial charge on any atom is 0.330 e. The van der Waals surface area contributed by atoms with Crippen molar-refractivity contribution in [3.05, 3.63) is 67.3 Å². The van der Waals surface area contributed by atoms with E-state index < -0.39 is 18.2 Å². The highest BCUT2D eigenvalue weighted by atomic mass is 16.5. The van der Waals surface area contributed by atoms with E-state index in [1.54, 1.807) is 0 Å². The molecule has 158 valence electrons. The molecule has 2 N–H and O–H groups in total. The summed E-state index contributed by atoms with van der Waals surface area (Å²) >= 11 is 0. The largest absolute Gasteiger partial charge is 0.491 e. The molecule has 0 aliphatic heterocycles. The van der Waals surface area contributed by atoms with Crippen LogP contribution in [0.2, 0.25) is 0 Å². The van der Waals surface area contributed by atoms with E-state index in [2.05, 4.69) is 29.3 Å². The van der Waals surface area contributed by atoms with Crippen molar-refractivity contribution < 1.29 is 24.5 Å². The van der Waals surface area contributed by atoms with Gasteiger partial charge in [0, 0.05) is 30.3 Å². The molecule has 0 saturated heterocycles. The van der Waals surface area contributed by atoms with E-state index in [0.717, 1.165) is 28.2 Å². The minimum absolute atomic E-state index is 0.0327. The van der Waals surface area contributed by atoms with Gasteiger partial charge in [-0.1, -0.05) is 36.9 Å². The van der Waals surface area contributed by atoms with Gasteiger partial charge in [-0.2, -0.15) is 0 Å². The molecule has 3 aromatic rings. The summed E-state index contributed by atoms with van der Waals surface area (Å²) in [5.74, 6) is 0.120. The van der Waals surface area contributed by atoms with Gasteiger partial charge in [-0.15, -0.1) is 0 Å². The fourth-order valence-electron chi connectivity index (χ4n) is 3.29. The molecular weight excluding hydrogens is 382 g/mol. The Balaban J connectivity index is 1.57. The number of hydrogen-bond acceptors (Lipinski definition) is 5. The zero-order chi connectivity index (χ0) is 21.5. The molecule has 0 aliphatic rings. The lowest BCUT2D eigenvalue weighted by Crippen LogP contribution is -2.32. The fourth-order valence-corrected chi connectivity index (χ4v) is 3.29. The van der Waals surface area contributed by atoms with Crippen LogP contribution in [-0.4, -0.2) is 46.2 Å². The third-order valence-corrected chi connectivity index (χ3v) is 5.01. The predicted octanol–water partition coefficient (Wildman–Crippen LogP) is 3.46. The first-order valence-electron chi connectivity index (χ1n) is 9.92. The molecule has 0 saturated carbocycles. The summed E-state index contributed by atoms with van der Waals surface area (Å²) in [4.78, 5) is 11.0. The van der Waals surface area contributed by atoms with E-state index in [9.17, 15) is 15.0 Å². The summed E-state index contributed by atoms with van der Waals surface area (Å²) in [5.41, 5.74) is 3.26. The number of ether oxygens (including phenoxy) is 2. The number of aromatic nitrogens is 1. The van der Waals surface area contributed by atoms with Gasteiger partial charge in [0.05, 0.1) is 18.2 Å². The monoisotopic (exact) mass is 409 g/mol. The number of benzene rings is 2. The lowest BCUT2D eigenvalue weighted by Gasteiger charge is -2.18. The van der Waals surface area contributed by atoms with Crippen LogP contribution >= 0.6 is 0 Å². The van der Waals surface area contributed by atoms with Crippen molar-refractivity contribution >= 4 is 16.9 Å². The van der Waals surface area contributed by atoms with Crippen LogP contribution in [0.4, 0.5) is 0 Å². The van der Waals surface area contributed by atoms with E-state index in [4.69, 9.17) is 9.47 Å². The van der Waals surface area contributed by atoms with E-state index in [0.29, 0.717) is 18.6 Å². The molecule has 2 unspecified atom stereocenters.